The van der Waals surface area contributed by atoms with Crippen molar-refractivity contribution in [2.75, 3.05) is 7.11 Å². The molecule has 0 radical (unpaired) electrons. The molecule has 0 aliphatic carbocycles. The van der Waals surface area contributed by atoms with E-state index in [2.05, 4.69) is 16.9 Å². The first-order valence-electron chi connectivity index (χ1n) is 7.87. The molecule has 142 valence electrons. The number of carbonyl (C=O) groups is 1. The molecule has 8 heteroatoms. The van der Waals surface area contributed by atoms with Gasteiger partial charge in [0.25, 0.3) is 0 Å². The zero-order chi connectivity index (χ0) is 20.0. The Morgan fingerprint density at radius 1 is 1.41 bits per heavy atom. The van der Waals surface area contributed by atoms with Crippen molar-refractivity contribution in [3.8, 4) is 0 Å². The number of aryl methyl sites for hydroxylation is 1. The highest BCUT2D eigenvalue weighted by molar-refractivity contribution is 6.58. The first-order chi connectivity index (χ1) is 12.8. The highest BCUT2D eigenvalue weighted by Gasteiger charge is 2.20. The molecule has 0 fully saturated rings. The lowest BCUT2D eigenvalue weighted by Gasteiger charge is -2.11. The molecule has 0 aliphatic rings. The van der Waals surface area contributed by atoms with Crippen molar-refractivity contribution in [2.45, 2.75) is 13.5 Å². The number of nitrogens with two attached hydrogens (primary N) is 1. The van der Waals surface area contributed by atoms with Crippen LogP contribution in [0.15, 0.2) is 63.4 Å². The fourth-order valence-corrected chi connectivity index (χ4v) is 2.64. The average Bonchev–Trinajstić information content (AvgIpc) is 3.16. The molecule has 0 atom stereocenters. The largest absolute Gasteiger partial charge is 0.467 e. The fourth-order valence-electron chi connectivity index (χ4n) is 2.23. The van der Waals surface area contributed by atoms with E-state index in [1.165, 1.54) is 13.4 Å². The second-order valence-electron chi connectivity index (χ2n) is 5.52. The number of ether oxygens (including phenoxy) is 1. The summed E-state index contributed by atoms with van der Waals surface area (Å²) in [5, 5.41) is 3.38. The molecule has 0 saturated carbocycles. The molecule has 1 aromatic heterocycles. The molecule has 2 rings (SSSR count). The third-order valence-corrected chi connectivity index (χ3v) is 4.22. The lowest BCUT2D eigenvalue weighted by Crippen LogP contribution is -2.26. The summed E-state index contributed by atoms with van der Waals surface area (Å²) in [5.41, 5.74) is 7.67. The third-order valence-electron chi connectivity index (χ3n) is 3.60. The van der Waals surface area contributed by atoms with Gasteiger partial charge >= 0.3 is 5.97 Å². The Morgan fingerprint density at radius 3 is 2.74 bits per heavy atom. The van der Waals surface area contributed by atoms with Gasteiger partial charge < -0.3 is 20.2 Å². The van der Waals surface area contributed by atoms with Crippen molar-refractivity contribution in [1.29, 1.82) is 0 Å². The normalized spacial score (nSPS) is 12.4. The van der Waals surface area contributed by atoms with Crippen LogP contribution in [0, 0.1) is 6.92 Å². The van der Waals surface area contributed by atoms with Gasteiger partial charge in [-0.25, -0.2) is 9.79 Å². The molecule has 3 N–H and O–H groups in total. The fraction of sp³-hybridized carbons (Fsp3) is 0.158. The maximum Gasteiger partial charge on any atom is 0.358 e. The number of esters is 1. The van der Waals surface area contributed by atoms with Gasteiger partial charge in [0.2, 0.25) is 0 Å². The Hall–Kier alpha value is -2.70. The van der Waals surface area contributed by atoms with E-state index in [4.69, 9.17) is 38.1 Å². The van der Waals surface area contributed by atoms with Gasteiger partial charge in [-0.15, -0.1) is 0 Å². The Morgan fingerprint density at radius 2 is 2.15 bits per heavy atom. The minimum atomic E-state index is -0.740. The van der Waals surface area contributed by atoms with E-state index in [0.717, 1.165) is 5.56 Å². The van der Waals surface area contributed by atoms with Crippen LogP contribution >= 0.6 is 23.2 Å². The minimum absolute atomic E-state index is 0.0536. The molecule has 2 aromatic rings. The number of methoxy groups -OCH3 is 1. The summed E-state index contributed by atoms with van der Waals surface area (Å²) in [4.78, 5) is 16.4. The number of aliphatic imine (C=N–C) groups is 1. The van der Waals surface area contributed by atoms with E-state index in [1.54, 1.807) is 30.3 Å². The summed E-state index contributed by atoms with van der Waals surface area (Å²) in [6.07, 6.45) is 1.54. The number of carbonyl (C=O) groups excluding carboxylic acids is 1. The second-order valence-corrected chi connectivity index (χ2v) is 6.33. The standard InChI is InChI=1S/C19H19Cl2N3O3/c1-11-9-13(20)6-7-15(11)12(2)24-17(19(25)26-3)16(21)18(22)23-10-14-5-4-8-27-14/h4-9,23H,2,10,22H2,1,3H3/b18-16-,24-17+. The molecular weight excluding hydrogens is 389 g/mol. The van der Waals surface area contributed by atoms with Gasteiger partial charge in [-0.1, -0.05) is 35.8 Å². The number of hydrogen-bond donors (Lipinski definition) is 2. The van der Waals surface area contributed by atoms with E-state index < -0.39 is 5.97 Å². The maximum absolute atomic E-state index is 12.2. The smallest absolute Gasteiger partial charge is 0.358 e. The lowest BCUT2D eigenvalue weighted by molar-refractivity contribution is -0.132. The van der Waals surface area contributed by atoms with Crippen LogP contribution in [0.3, 0.4) is 0 Å². The molecule has 0 aliphatic heterocycles. The Balaban J connectivity index is 2.32. The van der Waals surface area contributed by atoms with E-state index in [9.17, 15) is 4.79 Å². The number of halogens is 2. The highest BCUT2D eigenvalue weighted by Crippen LogP contribution is 2.23. The van der Waals surface area contributed by atoms with Crippen molar-refractivity contribution in [2.24, 2.45) is 10.7 Å². The van der Waals surface area contributed by atoms with Gasteiger partial charge in [-0.2, -0.15) is 0 Å². The van der Waals surface area contributed by atoms with E-state index in [0.29, 0.717) is 28.6 Å². The van der Waals surface area contributed by atoms with Crippen LogP contribution in [0.1, 0.15) is 16.9 Å². The van der Waals surface area contributed by atoms with Crippen LogP contribution < -0.4 is 11.1 Å². The van der Waals surface area contributed by atoms with Gasteiger partial charge in [0.05, 0.1) is 25.6 Å². The SMILES string of the molecule is C=C(/N=C(C(=O)OC)\C(Cl)=C(/N)NCc1ccco1)c1ccc(Cl)cc1C. The average molecular weight is 408 g/mol. The molecule has 0 unspecified atom stereocenters. The highest BCUT2D eigenvalue weighted by atomic mass is 35.5. The molecule has 27 heavy (non-hydrogen) atoms. The van der Waals surface area contributed by atoms with Gasteiger partial charge in [0, 0.05) is 10.6 Å². The zero-order valence-electron chi connectivity index (χ0n) is 14.9. The minimum Gasteiger partial charge on any atom is -0.467 e. The van der Waals surface area contributed by atoms with Crippen molar-refractivity contribution in [3.05, 3.63) is 75.9 Å². The molecular formula is C19H19Cl2N3O3. The van der Waals surface area contributed by atoms with Crippen molar-refractivity contribution >= 4 is 40.6 Å². The summed E-state index contributed by atoms with van der Waals surface area (Å²) < 4.78 is 9.98. The third kappa shape index (κ3) is 5.39. The summed E-state index contributed by atoms with van der Waals surface area (Å²) in [7, 11) is 1.23. The molecule has 0 saturated heterocycles. The van der Waals surface area contributed by atoms with Crippen molar-refractivity contribution in [1.82, 2.24) is 5.32 Å². The quantitative estimate of drug-likeness (QED) is 0.534. The van der Waals surface area contributed by atoms with Crippen LogP contribution in [0.2, 0.25) is 5.02 Å². The predicted octanol–water partition coefficient (Wildman–Crippen LogP) is 3.98. The number of hydrogen-bond acceptors (Lipinski definition) is 6. The first kappa shape index (κ1) is 20.6. The van der Waals surface area contributed by atoms with Gasteiger partial charge in [0.15, 0.2) is 5.71 Å². The van der Waals surface area contributed by atoms with E-state index in [1.807, 2.05) is 6.92 Å². The predicted molar refractivity (Wildman–Crippen MR) is 107 cm³/mol. The van der Waals surface area contributed by atoms with Crippen molar-refractivity contribution < 1.29 is 13.9 Å². The Kier molecular flexibility index (Phi) is 7.10. The number of benzene rings is 1. The molecule has 6 nitrogen and oxygen atoms in total. The Bertz CT molecular complexity index is 903. The molecule has 0 bridgehead atoms. The first-order valence-corrected chi connectivity index (χ1v) is 8.63. The monoisotopic (exact) mass is 407 g/mol. The number of nitrogens with one attached hydrogen (secondary N) is 1. The molecule has 0 spiro atoms. The topological polar surface area (TPSA) is 89.8 Å². The number of rotatable bonds is 7. The molecule has 1 heterocycles. The second kappa shape index (κ2) is 9.30. The van der Waals surface area contributed by atoms with Crippen molar-refractivity contribution in [3.63, 3.8) is 0 Å². The molecule has 0 amide bonds. The summed E-state index contributed by atoms with van der Waals surface area (Å²) in [6, 6.07) is 8.76. The summed E-state index contributed by atoms with van der Waals surface area (Å²) in [6.45, 7) is 6.05. The summed E-state index contributed by atoms with van der Waals surface area (Å²) in [5.74, 6) is -0.0338. The number of furan rings is 1. The van der Waals surface area contributed by atoms with E-state index >= 15 is 0 Å². The van der Waals surface area contributed by atoms with Crippen LogP contribution in [0.4, 0.5) is 0 Å². The van der Waals surface area contributed by atoms with Crippen LogP contribution in [-0.4, -0.2) is 18.8 Å². The van der Waals surface area contributed by atoms with Crippen LogP contribution in [0.5, 0.6) is 0 Å². The lowest BCUT2D eigenvalue weighted by atomic mass is 10.1. The maximum atomic E-state index is 12.2. The van der Waals surface area contributed by atoms with Gasteiger partial charge in [-0.3, -0.25) is 0 Å². The number of nitrogens with zero attached hydrogens (tertiary/aromatic N) is 1. The molecule has 1 aromatic carbocycles. The van der Waals surface area contributed by atoms with Crippen LogP contribution in [-0.2, 0) is 16.1 Å². The van der Waals surface area contributed by atoms with Gasteiger partial charge in [-0.05, 0) is 36.8 Å². The van der Waals surface area contributed by atoms with Crippen LogP contribution in [0.25, 0.3) is 5.70 Å². The van der Waals surface area contributed by atoms with E-state index in [-0.39, 0.29) is 16.6 Å². The summed E-state index contributed by atoms with van der Waals surface area (Å²) >= 11 is 12.2. The Labute approximate surface area is 167 Å². The zero-order valence-corrected chi connectivity index (χ0v) is 16.4. The van der Waals surface area contributed by atoms with Gasteiger partial charge in [0.1, 0.15) is 16.6 Å².